The van der Waals surface area contributed by atoms with Gasteiger partial charge in [-0.3, -0.25) is 4.98 Å². The van der Waals surface area contributed by atoms with Gasteiger partial charge in [-0.1, -0.05) is 30.0 Å². The Kier molecular flexibility index (Phi) is 4.15. The summed E-state index contributed by atoms with van der Waals surface area (Å²) >= 11 is 1.64. The largest absolute Gasteiger partial charge is 0.486 e. The van der Waals surface area contributed by atoms with E-state index >= 15 is 0 Å². The Labute approximate surface area is 127 Å². The molecule has 0 bridgehead atoms. The first-order valence-electron chi connectivity index (χ1n) is 6.60. The van der Waals surface area contributed by atoms with Crippen LogP contribution in [0.5, 0.6) is 5.75 Å². The number of aromatic nitrogens is 1. The summed E-state index contributed by atoms with van der Waals surface area (Å²) < 4.78 is 5.93. The van der Waals surface area contributed by atoms with Crippen LogP contribution in [0.25, 0.3) is 10.9 Å². The Morgan fingerprint density at radius 3 is 3.00 bits per heavy atom. The second-order valence-electron chi connectivity index (χ2n) is 4.38. The van der Waals surface area contributed by atoms with Crippen molar-refractivity contribution in [2.45, 2.75) is 6.61 Å². The molecule has 4 heteroatoms. The fraction of sp³-hybridized carbons (Fsp3) is 0.118. The predicted molar refractivity (Wildman–Crippen MR) is 86.3 cm³/mol. The van der Waals surface area contributed by atoms with Crippen molar-refractivity contribution in [1.82, 2.24) is 4.98 Å². The van der Waals surface area contributed by atoms with Crippen LogP contribution in [0.3, 0.4) is 0 Å². The molecule has 0 fully saturated rings. The molecule has 0 atom stereocenters. The molecule has 21 heavy (non-hydrogen) atoms. The fourth-order valence-corrected chi connectivity index (χ4v) is 2.79. The Morgan fingerprint density at radius 2 is 2.10 bits per heavy atom. The summed E-state index contributed by atoms with van der Waals surface area (Å²) in [5, 5.41) is 3.09. The van der Waals surface area contributed by atoms with Crippen molar-refractivity contribution in [2.24, 2.45) is 5.73 Å². The van der Waals surface area contributed by atoms with E-state index in [-0.39, 0.29) is 0 Å². The third-order valence-corrected chi connectivity index (χ3v) is 3.92. The van der Waals surface area contributed by atoms with Gasteiger partial charge in [-0.2, -0.15) is 0 Å². The summed E-state index contributed by atoms with van der Waals surface area (Å²) in [6.07, 6.45) is 1.78. The SMILES string of the molecule is NCC#Cc1ccsc1COc1cccc2cccnc12. The highest BCUT2D eigenvalue weighted by molar-refractivity contribution is 7.10. The molecular weight excluding hydrogens is 280 g/mol. The van der Waals surface area contributed by atoms with E-state index in [2.05, 4.69) is 16.8 Å². The van der Waals surface area contributed by atoms with Gasteiger partial charge in [0.1, 0.15) is 17.9 Å². The monoisotopic (exact) mass is 294 g/mol. The zero-order valence-corrected chi connectivity index (χ0v) is 12.2. The number of ether oxygens (including phenoxy) is 1. The molecule has 0 saturated carbocycles. The van der Waals surface area contributed by atoms with Crippen molar-refractivity contribution in [2.75, 3.05) is 6.54 Å². The third kappa shape index (κ3) is 3.05. The van der Waals surface area contributed by atoms with Gasteiger partial charge in [0.15, 0.2) is 0 Å². The molecule has 0 aliphatic carbocycles. The lowest BCUT2D eigenvalue weighted by Crippen LogP contribution is -1.97. The second-order valence-corrected chi connectivity index (χ2v) is 5.38. The lowest BCUT2D eigenvalue weighted by Gasteiger charge is -2.07. The number of rotatable bonds is 3. The van der Waals surface area contributed by atoms with Crippen molar-refractivity contribution in [3.8, 4) is 17.6 Å². The first-order valence-corrected chi connectivity index (χ1v) is 7.48. The summed E-state index contributed by atoms with van der Waals surface area (Å²) in [5.74, 6) is 6.73. The highest BCUT2D eigenvalue weighted by Gasteiger charge is 2.06. The van der Waals surface area contributed by atoms with Crippen LogP contribution in [0.15, 0.2) is 48.0 Å². The molecule has 0 unspecified atom stereocenters. The van der Waals surface area contributed by atoms with Crippen LogP contribution >= 0.6 is 11.3 Å². The molecule has 2 N–H and O–H groups in total. The van der Waals surface area contributed by atoms with Crippen LogP contribution in [0, 0.1) is 11.8 Å². The van der Waals surface area contributed by atoms with E-state index in [0.29, 0.717) is 13.2 Å². The number of nitrogens with two attached hydrogens (primary N) is 1. The molecule has 0 aliphatic rings. The minimum absolute atomic E-state index is 0.364. The minimum atomic E-state index is 0.364. The molecule has 3 rings (SSSR count). The maximum Gasteiger partial charge on any atom is 0.146 e. The van der Waals surface area contributed by atoms with E-state index in [4.69, 9.17) is 10.5 Å². The van der Waals surface area contributed by atoms with Crippen LogP contribution in [-0.2, 0) is 6.61 Å². The molecule has 3 nitrogen and oxygen atoms in total. The number of nitrogens with zero attached hydrogens (tertiary/aromatic N) is 1. The number of hydrogen-bond donors (Lipinski definition) is 1. The second kappa shape index (κ2) is 6.40. The van der Waals surface area contributed by atoms with Crippen LogP contribution < -0.4 is 10.5 Å². The van der Waals surface area contributed by atoms with Gasteiger partial charge in [0, 0.05) is 17.1 Å². The maximum atomic E-state index is 5.93. The van der Waals surface area contributed by atoms with Crippen molar-refractivity contribution in [3.05, 3.63) is 58.4 Å². The first-order chi connectivity index (χ1) is 10.4. The van der Waals surface area contributed by atoms with Crippen LogP contribution in [0.2, 0.25) is 0 Å². The molecule has 2 heterocycles. The summed E-state index contributed by atoms with van der Waals surface area (Å²) in [4.78, 5) is 5.49. The number of hydrogen-bond acceptors (Lipinski definition) is 4. The summed E-state index contributed by atoms with van der Waals surface area (Å²) in [7, 11) is 0. The van der Waals surface area contributed by atoms with E-state index in [9.17, 15) is 0 Å². The molecule has 0 radical (unpaired) electrons. The van der Waals surface area contributed by atoms with Gasteiger partial charge in [-0.15, -0.1) is 11.3 Å². The quantitative estimate of drug-likeness (QED) is 0.755. The topological polar surface area (TPSA) is 48.1 Å². The van der Waals surface area contributed by atoms with E-state index in [1.165, 1.54) is 0 Å². The highest BCUT2D eigenvalue weighted by atomic mass is 32.1. The molecule has 2 aromatic heterocycles. The van der Waals surface area contributed by atoms with Gasteiger partial charge in [0.25, 0.3) is 0 Å². The lowest BCUT2D eigenvalue weighted by molar-refractivity contribution is 0.313. The van der Waals surface area contributed by atoms with Gasteiger partial charge in [0.2, 0.25) is 0 Å². The van der Waals surface area contributed by atoms with E-state index in [1.54, 1.807) is 17.5 Å². The standard InChI is InChI=1S/C17H14N2OS/c18-9-2-5-13-8-11-21-16(13)12-20-15-7-1-4-14-6-3-10-19-17(14)15/h1,3-4,6-8,10-11H,9,12,18H2. The molecule has 1 aromatic carbocycles. The first kappa shape index (κ1) is 13.6. The number of thiophene rings is 1. The predicted octanol–water partition coefficient (Wildman–Crippen LogP) is 3.19. The van der Waals surface area contributed by atoms with E-state index in [0.717, 1.165) is 27.1 Å². The van der Waals surface area contributed by atoms with Crippen molar-refractivity contribution in [3.63, 3.8) is 0 Å². The molecule has 0 aliphatic heterocycles. The maximum absolute atomic E-state index is 5.93. The number of para-hydroxylation sites is 1. The van der Waals surface area contributed by atoms with E-state index in [1.807, 2.05) is 41.8 Å². The van der Waals surface area contributed by atoms with Crippen molar-refractivity contribution >= 4 is 22.2 Å². The lowest BCUT2D eigenvalue weighted by atomic mass is 10.2. The van der Waals surface area contributed by atoms with Crippen molar-refractivity contribution < 1.29 is 4.74 Å². The van der Waals surface area contributed by atoms with Crippen LogP contribution in [-0.4, -0.2) is 11.5 Å². The van der Waals surface area contributed by atoms with Crippen LogP contribution in [0.1, 0.15) is 10.4 Å². The number of benzene rings is 1. The summed E-state index contributed by atoms with van der Waals surface area (Å²) in [6, 6.07) is 11.9. The number of pyridine rings is 1. The van der Waals surface area contributed by atoms with Gasteiger partial charge < -0.3 is 10.5 Å². The fourth-order valence-electron chi connectivity index (χ4n) is 2.05. The van der Waals surface area contributed by atoms with Crippen molar-refractivity contribution in [1.29, 1.82) is 0 Å². The Bertz CT molecular complexity index is 809. The Hall–Kier alpha value is -2.35. The molecule has 0 spiro atoms. The molecular formula is C17H14N2OS. The van der Waals surface area contributed by atoms with Crippen LogP contribution in [0.4, 0.5) is 0 Å². The van der Waals surface area contributed by atoms with Gasteiger partial charge >= 0.3 is 0 Å². The Morgan fingerprint density at radius 1 is 1.19 bits per heavy atom. The zero-order valence-electron chi connectivity index (χ0n) is 11.4. The van der Waals surface area contributed by atoms with Gasteiger partial charge in [-0.05, 0) is 23.6 Å². The van der Waals surface area contributed by atoms with E-state index < -0.39 is 0 Å². The minimum Gasteiger partial charge on any atom is -0.486 e. The Balaban J connectivity index is 1.83. The summed E-state index contributed by atoms with van der Waals surface area (Å²) in [6.45, 7) is 0.853. The highest BCUT2D eigenvalue weighted by Crippen LogP contribution is 2.25. The smallest absolute Gasteiger partial charge is 0.146 e. The van der Waals surface area contributed by atoms with Gasteiger partial charge in [-0.25, -0.2) is 0 Å². The molecule has 104 valence electrons. The molecule has 0 saturated heterocycles. The average Bonchev–Trinajstić information content (AvgIpc) is 2.98. The zero-order chi connectivity index (χ0) is 14.5. The summed E-state index contributed by atoms with van der Waals surface area (Å²) in [5.41, 5.74) is 7.28. The normalized spacial score (nSPS) is 10.1. The third-order valence-electron chi connectivity index (χ3n) is 3.02. The van der Waals surface area contributed by atoms with Gasteiger partial charge in [0.05, 0.1) is 11.4 Å². The number of fused-ring (bicyclic) bond motifs is 1. The average molecular weight is 294 g/mol. The molecule has 3 aromatic rings. The molecule has 0 amide bonds.